The van der Waals surface area contributed by atoms with Crippen LogP contribution in [0.2, 0.25) is 0 Å². The average molecular weight is 456 g/mol. The maximum atomic E-state index is 13.3. The Kier molecular flexibility index (Phi) is 8.67. The predicted octanol–water partition coefficient (Wildman–Crippen LogP) is 2.46. The summed E-state index contributed by atoms with van der Waals surface area (Å²) in [6, 6.07) is 0. The number of alkyl halides is 6. The van der Waals surface area contributed by atoms with Crippen LogP contribution in [0, 0.1) is 0 Å². The minimum absolute atomic E-state index is 0.431. The molecular weight excluding hydrogens is 438 g/mol. The number of hydrogen-bond donors (Lipinski definition) is 1. The maximum absolute atomic E-state index is 13.3. The molecule has 174 valence electrons. The van der Waals surface area contributed by atoms with Crippen molar-refractivity contribution in [3.8, 4) is 0 Å². The van der Waals surface area contributed by atoms with E-state index in [2.05, 4.69) is 19.2 Å². The van der Waals surface area contributed by atoms with Crippen LogP contribution >= 0.6 is 0 Å². The van der Waals surface area contributed by atoms with Gasteiger partial charge in [-0.15, -0.1) is 0 Å². The van der Waals surface area contributed by atoms with Crippen molar-refractivity contribution in [2.45, 2.75) is 70.2 Å². The fourth-order valence-electron chi connectivity index (χ4n) is 1.84. The van der Waals surface area contributed by atoms with Crippen LogP contribution in [0.4, 0.5) is 26.3 Å². The molecule has 0 rings (SSSR count). The first kappa shape index (κ1) is 27.4. The highest BCUT2D eigenvalue weighted by molar-refractivity contribution is 6.29. The number of carbonyl (C=O) groups is 4. The van der Waals surface area contributed by atoms with E-state index in [0.717, 1.165) is 6.92 Å². The molecular formula is C15H18F6O9. The molecule has 30 heavy (non-hydrogen) atoms. The summed E-state index contributed by atoms with van der Waals surface area (Å²) in [7, 11) is 0. The number of aliphatic carboxylic acids is 1. The van der Waals surface area contributed by atoms with Crippen molar-refractivity contribution in [3.63, 3.8) is 0 Å². The van der Waals surface area contributed by atoms with Gasteiger partial charge in [0.1, 0.15) is 11.7 Å². The summed E-state index contributed by atoms with van der Waals surface area (Å²) in [5, 5.41) is 8.32. The van der Waals surface area contributed by atoms with Crippen LogP contribution in [0.1, 0.15) is 40.5 Å². The Labute approximate surface area is 165 Å². The molecule has 0 aromatic rings. The summed E-state index contributed by atoms with van der Waals surface area (Å²) in [6.45, 7) is 3.95. The van der Waals surface area contributed by atoms with Crippen molar-refractivity contribution < 1.29 is 69.9 Å². The van der Waals surface area contributed by atoms with Gasteiger partial charge >= 0.3 is 41.8 Å². The quantitative estimate of drug-likeness (QED) is 0.183. The van der Waals surface area contributed by atoms with Gasteiger partial charge in [0, 0.05) is 12.8 Å². The van der Waals surface area contributed by atoms with Crippen LogP contribution in [0.25, 0.3) is 0 Å². The zero-order valence-electron chi connectivity index (χ0n) is 16.0. The second-order valence-electron chi connectivity index (χ2n) is 6.48. The monoisotopic (exact) mass is 456 g/mol. The highest BCUT2D eigenvalue weighted by Gasteiger charge is 2.74. The van der Waals surface area contributed by atoms with Gasteiger partial charge in [0.2, 0.25) is 0 Å². The first-order valence-electron chi connectivity index (χ1n) is 8.00. The first-order valence-corrected chi connectivity index (χ1v) is 8.00. The van der Waals surface area contributed by atoms with E-state index in [1.165, 1.54) is 13.8 Å². The Morgan fingerprint density at radius 3 is 1.87 bits per heavy atom. The topological polar surface area (TPSA) is 125 Å². The number of hydrogen-bond acceptors (Lipinski definition) is 8. The van der Waals surface area contributed by atoms with Gasteiger partial charge in [0.05, 0.1) is 0 Å². The molecule has 0 aliphatic rings. The third-order valence-corrected chi connectivity index (χ3v) is 3.26. The van der Waals surface area contributed by atoms with Crippen molar-refractivity contribution >= 4 is 23.9 Å². The van der Waals surface area contributed by atoms with Crippen molar-refractivity contribution in [1.29, 1.82) is 0 Å². The van der Waals surface area contributed by atoms with E-state index in [9.17, 15) is 45.5 Å². The van der Waals surface area contributed by atoms with Gasteiger partial charge in [-0.25, -0.2) is 19.2 Å². The van der Waals surface area contributed by atoms with Crippen molar-refractivity contribution in [3.05, 3.63) is 0 Å². The van der Waals surface area contributed by atoms with Gasteiger partial charge in [-0.1, -0.05) is 6.92 Å². The molecule has 0 heterocycles. The molecule has 0 bridgehead atoms. The molecule has 15 heteroatoms. The van der Waals surface area contributed by atoms with Crippen molar-refractivity contribution in [2.24, 2.45) is 0 Å². The Morgan fingerprint density at radius 1 is 0.933 bits per heavy atom. The Balaban J connectivity index is 4.95. The number of carboxylic acids is 1. The molecule has 1 atom stereocenters. The molecule has 0 aliphatic carbocycles. The normalized spacial score (nSPS) is 13.9. The lowest BCUT2D eigenvalue weighted by molar-refractivity contribution is -0.384. The molecule has 0 saturated heterocycles. The summed E-state index contributed by atoms with van der Waals surface area (Å²) < 4.78 is 86.6. The van der Waals surface area contributed by atoms with Crippen LogP contribution in [0.15, 0.2) is 0 Å². The maximum Gasteiger partial charge on any atom is 0.473 e. The number of carbonyl (C=O) groups excluding carboxylic acids is 3. The van der Waals surface area contributed by atoms with E-state index in [1.54, 1.807) is 0 Å². The molecule has 1 N–H and O–H groups in total. The van der Waals surface area contributed by atoms with E-state index in [1.807, 2.05) is 0 Å². The standard InChI is InChI=1S/C15H18F6O9/c1-5-13(16,17)14(18,19)15(20,21)28-11(26)10(25)27-7(2)6-12(3,4)30-29-9(24)8(22)23/h7H,5-6H2,1-4H3,(H,22,23). The Hall–Kier alpha value is -2.58. The van der Waals surface area contributed by atoms with Gasteiger partial charge in [-0.3, -0.25) is 4.89 Å². The van der Waals surface area contributed by atoms with E-state index in [4.69, 9.17) is 5.11 Å². The highest BCUT2D eigenvalue weighted by Crippen LogP contribution is 2.47. The molecule has 1 unspecified atom stereocenters. The Bertz CT molecular complexity index is 678. The molecule has 0 spiro atoms. The zero-order chi connectivity index (χ0) is 24.1. The fourth-order valence-corrected chi connectivity index (χ4v) is 1.84. The summed E-state index contributed by atoms with van der Waals surface area (Å²) in [5.74, 6) is -20.0. The number of ether oxygens (including phenoxy) is 2. The average Bonchev–Trinajstić information content (AvgIpc) is 2.57. The smallest absolute Gasteiger partial charge is 0.473 e. The second-order valence-corrected chi connectivity index (χ2v) is 6.48. The summed E-state index contributed by atoms with van der Waals surface area (Å²) >= 11 is 0. The van der Waals surface area contributed by atoms with E-state index < -0.39 is 66.4 Å². The largest absolute Gasteiger partial charge is 0.473 e. The molecule has 9 nitrogen and oxygen atoms in total. The molecule has 0 aliphatic heterocycles. The van der Waals surface area contributed by atoms with E-state index in [0.29, 0.717) is 6.92 Å². The van der Waals surface area contributed by atoms with Crippen LogP contribution in [-0.2, 0) is 38.4 Å². The minimum Gasteiger partial charge on any atom is -0.473 e. The van der Waals surface area contributed by atoms with E-state index in [-0.39, 0.29) is 0 Å². The second kappa shape index (κ2) is 9.49. The summed E-state index contributed by atoms with van der Waals surface area (Å²) in [5.41, 5.74) is -1.53. The summed E-state index contributed by atoms with van der Waals surface area (Å²) in [6.07, 6.45) is -9.55. The number of halogens is 6. The van der Waals surface area contributed by atoms with Gasteiger partial charge < -0.3 is 14.6 Å². The SMILES string of the molecule is CCC(F)(F)C(F)(F)C(F)(F)OC(=O)C(=O)OC(C)CC(C)(C)OOC(=O)C(=O)O. The van der Waals surface area contributed by atoms with Gasteiger partial charge in [-0.05, 0) is 20.8 Å². The third kappa shape index (κ3) is 7.03. The summed E-state index contributed by atoms with van der Waals surface area (Å²) in [4.78, 5) is 52.2. The Morgan fingerprint density at radius 2 is 1.43 bits per heavy atom. The third-order valence-electron chi connectivity index (χ3n) is 3.26. The van der Waals surface area contributed by atoms with Crippen LogP contribution in [0.3, 0.4) is 0 Å². The number of carboxylic acid groups (broad SMARTS) is 1. The molecule has 0 amide bonds. The molecule has 0 aromatic carbocycles. The lowest BCUT2D eigenvalue weighted by atomic mass is 10.0. The number of esters is 2. The van der Waals surface area contributed by atoms with Crippen LogP contribution in [-0.4, -0.2) is 58.6 Å². The minimum atomic E-state index is -6.11. The number of rotatable bonds is 9. The van der Waals surface area contributed by atoms with Gasteiger partial charge in [0.15, 0.2) is 0 Å². The lowest BCUT2D eigenvalue weighted by Gasteiger charge is -2.30. The van der Waals surface area contributed by atoms with E-state index >= 15 is 0 Å². The lowest BCUT2D eigenvalue weighted by Crippen LogP contribution is -2.56. The zero-order valence-corrected chi connectivity index (χ0v) is 16.0. The molecule has 0 fully saturated rings. The fraction of sp³-hybridized carbons (Fsp3) is 0.733. The van der Waals surface area contributed by atoms with Gasteiger partial charge in [0.25, 0.3) is 0 Å². The highest BCUT2D eigenvalue weighted by atomic mass is 19.3. The molecule has 0 aromatic heterocycles. The molecule has 0 radical (unpaired) electrons. The van der Waals surface area contributed by atoms with Crippen molar-refractivity contribution in [1.82, 2.24) is 0 Å². The van der Waals surface area contributed by atoms with Crippen molar-refractivity contribution in [2.75, 3.05) is 0 Å². The van der Waals surface area contributed by atoms with Crippen LogP contribution in [0.5, 0.6) is 0 Å². The first-order chi connectivity index (χ1) is 13.3. The predicted molar refractivity (Wildman–Crippen MR) is 80.3 cm³/mol. The van der Waals surface area contributed by atoms with Crippen LogP contribution < -0.4 is 0 Å². The van der Waals surface area contributed by atoms with Gasteiger partial charge in [-0.2, -0.15) is 31.2 Å². The molecule has 0 saturated carbocycles.